The zero-order valence-electron chi connectivity index (χ0n) is 11.1. The third-order valence-corrected chi connectivity index (χ3v) is 3.42. The quantitative estimate of drug-likeness (QED) is 0.375. The Hall–Kier alpha value is -1.92. The molecule has 0 aliphatic heterocycles. The second-order valence-corrected chi connectivity index (χ2v) is 5.32. The molecule has 0 atom stereocenters. The Bertz CT molecular complexity index is 645. The summed E-state index contributed by atoms with van der Waals surface area (Å²) in [5, 5.41) is 11.6. The summed E-state index contributed by atoms with van der Waals surface area (Å²) >= 11 is 3.36. The van der Waals surface area contributed by atoms with Crippen LogP contribution in [0, 0.1) is 5.82 Å². The molecule has 2 aromatic rings. The molecule has 110 valence electrons. The van der Waals surface area contributed by atoms with Crippen LogP contribution in [0.5, 0.6) is 0 Å². The first-order valence-corrected chi connectivity index (χ1v) is 6.98. The second kappa shape index (κ2) is 7.19. The van der Waals surface area contributed by atoms with Gasteiger partial charge in [-0.25, -0.2) is 4.39 Å². The number of benzene rings is 2. The van der Waals surface area contributed by atoms with Crippen molar-refractivity contribution in [1.82, 2.24) is 0 Å². The number of amidine groups is 1. The van der Waals surface area contributed by atoms with Crippen LogP contribution in [-0.4, -0.2) is 11.0 Å². The minimum Gasteiger partial charge on any atom is -0.409 e. The summed E-state index contributed by atoms with van der Waals surface area (Å²) in [6.45, 7) is 0.655. The van der Waals surface area contributed by atoms with Gasteiger partial charge in [0.1, 0.15) is 5.82 Å². The fourth-order valence-corrected chi connectivity index (χ4v) is 2.09. The Morgan fingerprint density at radius 1 is 1.19 bits per heavy atom. The maximum absolute atomic E-state index is 13.2. The number of rotatable bonds is 5. The molecule has 0 aromatic heterocycles. The van der Waals surface area contributed by atoms with Gasteiger partial charge in [0.25, 0.3) is 0 Å². The number of hydrogen-bond donors (Lipinski definition) is 2. The molecule has 0 aliphatic rings. The molecule has 2 rings (SSSR count). The van der Waals surface area contributed by atoms with Crippen LogP contribution in [0.4, 0.5) is 4.39 Å². The van der Waals surface area contributed by atoms with E-state index in [0.29, 0.717) is 17.7 Å². The molecule has 0 fully saturated rings. The van der Waals surface area contributed by atoms with Crippen LogP contribution >= 0.6 is 15.9 Å². The van der Waals surface area contributed by atoms with Crippen molar-refractivity contribution in [2.24, 2.45) is 10.9 Å². The van der Waals surface area contributed by atoms with Gasteiger partial charge in [-0.3, -0.25) is 0 Å². The van der Waals surface area contributed by atoms with Crippen molar-refractivity contribution >= 4 is 21.8 Å². The summed E-state index contributed by atoms with van der Waals surface area (Å²) in [5.41, 5.74) is 7.54. The predicted molar refractivity (Wildman–Crippen MR) is 81.5 cm³/mol. The molecule has 2 aromatic carbocycles. The minimum atomic E-state index is -0.451. The highest BCUT2D eigenvalue weighted by Crippen LogP contribution is 2.15. The van der Waals surface area contributed by atoms with E-state index in [2.05, 4.69) is 21.1 Å². The van der Waals surface area contributed by atoms with Crippen LogP contribution in [-0.2, 0) is 18.0 Å². The maximum Gasteiger partial charge on any atom is 0.170 e. The Morgan fingerprint density at radius 3 is 2.57 bits per heavy atom. The van der Waals surface area contributed by atoms with Gasteiger partial charge in [-0.05, 0) is 35.4 Å². The molecular weight excluding hydrogens is 339 g/mol. The summed E-state index contributed by atoms with van der Waals surface area (Å²) in [6.07, 6.45) is 0. The number of hydrogen-bond acceptors (Lipinski definition) is 3. The van der Waals surface area contributed by atoms with Gasteiger partial charge in [-0.1, -0.05) is 39.3 Å². The lowest BCUT2D eigenvalue weighted by molar-refractivity contribution is 0.107. The molecule has 21 heavy (non-hydrogen) atoms. The fourth-order valence-electron chi connectivity index (χ4n) is 1.83. The van der Waals surface area contributed by atoms with Crippen molar-refractivity contribution in [3.63, 3.8) is 0 Å². The Morgan fingerprint density at radius 2 is 1.90 bits per heavy atom. The average molecular weight is 353 g/mol. The molecule has 0 radical (unpaired) electrons. The van der Waals surface area contributed by atoms with Crippen LogP contribution < -0.4 is 5.73 Å². The molecule has 0 bridgehead atoms. The lowest BCUT2D eigenvalue weighted by atomic mass is 10.1. The summed E-state index contributed by atoms with van der Waals surface area (Å²) in [7, 11) is 0. The lowest BCUT2D eigenvalue weighted by Crippen LogP contribution is -2.16. The number of ether oxygens (including phenoxy) is 1. The third kappa shape index (κ3) is 4.27. The van der Waals surface area contributed by atoms with Gasteiger partial charge in [-0.15, -0.1) is 0 Å². The standard InChI is InChI=1S/C15H14BrFN2O2/c16-12-4-1-10(2-5-12)8-21-9-11-3-6-13(17)7-14(11)15(18)19-20/h1-7,20H,8-9H2,(H2,18,19). The predicted octanol–water partition coefficient (Wildman–Crippen LogP) is 3.40. The first-order valence-electron chi connectivity index (χ1n) is 6.18. The van der Waals surface area contributed by atoms with Crippen molar-refractivity contribution in [3.05, 3.63) is 69.4 Å². The van der Waals surface area contributed by atoms with Crippen LogP contribution in [0.2, 0.25) is 0 Å². The molecule has 4 nitrogen and oxygen atoms in total. The molecule has 0 unspecified atom stereocenters. The first-order chi connectivity index (χ1) is 10.1. The van der Waals surface area contributed by atoms with Crippen molar-refractivity contribution in [2.45, 2.75) is 13.2 Å². The number of halogens is 2. The number of nitrogens with two attached hydrogens (primary N) is 1. The topological polar surface area (TPSA) is 67.8 Å². The zero-order chi connectivity index (χ0) is 15.2. The van der Waals surface area contributed by atoms with Gasteiger partial charge < -0.3 is 15.7 Å². The highest BCUT2D eigenvalue weighted by Gasteiger charge is 2.09. The second-order valence-electron chi connectivity index (χ2n) is 4.41. The highest BCUT2D eigenvalue weighted by molar-refractivity contribution is 9.10. The van der Waals surface area contributed by atoms with Gasteiger partial charge in [0.15, 0.2) is 5.84 Å². The van der Waals surface area contributed by atoms with E-state index >= 15 is 0 Å². The zero-order valence-corrected chi connectivity index (χ0v) is 12.7. The third-order valence-electron chi connectivity index (χ3n) is 2.90. The largest absolute Gasteiger partial charge is 0.409 e. The van der Waals surface area contributed by atoms with Crippen LogP contribution in [0.15, 0.2) is 52.1 Å². The van der Waals surface area contributed by atoms with Gasteiger partial charge >= 0.3 is 0 Å². The van der Waals surface area contributed by atoms with Crippen molar-refractivity contribution < 1.29 is 14.3 Å². The summed E-state index contributed by atoms with van der Waals surface area (Å²) in [4.78, 5) is 0. The van der Waals surface area contributed by atoms with Crippen LogP contribution in [0.1, 0.15) is 16.7 Å². The summed E-state index contributed by atoms with van der Waals surface area (Å²) < 4.78 is 19.8. The molecule has 0 heterocycles. The number of nitrogens with zero attached hydrogens (tertiary/aromatic N) is 1. The van der Waals surface area contributed by atoms with Gasteiger partial charge in [0, 0.05) is 10.0 Å². The van der Waals surface area contributed by atoms with E-state index in [1.165, 1.54) is 12.1 Å². The molecule has 0 saturated carbocycles. The monoisotopic (exact) mass is 352 g/mol. The Kier molecular flexibility index (Phi) is 5.30. The first kappa shape index (κ1) is 15.5. The number of oxime groups is 1. The van der Waals surface area contributed by atoms with Gasteiger partial charge in [0.05, 0.1) is 13.2 Å². The van der Waals surface area contributed by atoms with E-state index in [4.69, 9.17) is 15.7 Å². The fraction of sp³-hybridized carbons (Fsp3) is 0.133. The normalized spacial score (nSPS) is 11.6. The highest BCUT2D eigenvalue weighted by atomic mass is 79.9. The van der Waals surface area contributed by atoms with Gasteiger partial charge in [-0.2, -0.15) is 0 Å². The molecule has 0 aliphatic carbocycles. The Labute approximate surface area is 130 Å². The van der Waals surface area contributed by atoms with Crippen LogP contribution in [0.25, 0.3) is 0 Å². The van der Waals surface area contributed by atoms with Gasteiger partial charge in [0.2, 0.25) is 0 Å². The van der Waals surface area contributed by atoms with E-state index < -0.39 is 5.82 Å². The molecule has 0 saturated heterocycles. The van der Waals surface area contributed by atoms with Crippen molar-refractivity contribution in [3.8, 4) is 0 Å². The Balaban J connectivity index is 2.04. The summed E-state index contributed by atoms with van der Waals surface area (Å²) in [6, 6.07) is 11.8. The molecule has 3 N–H and O–H groups in total. The molecule has 0 amide bonds. The van der Waals surface area contributed by atoms with E-state index in [-0.39, 0.29) is 12.4 Å². The van der Waals surface area contributed by atoms with Crippen molar-refractivity contribution in [2.75, 3.05) is 0 Å². The smallest absolute Gasteiger partial charge is 0.170 e. The average Bonchev–Trinajstić information content (AvgIpc) is 2.50. The summed E-state index contributed by atoms with van der Waals surface area (Å²) in [5.74, 6) is -0.593. The minimum absolute atomic E-state index is 0.142. The van der Waals surface area contributed by atoms with Crippen LogP contribution in [0.3, 0.4) is 0 Å². The van der Waals surface area contributed by atoms with E-state index in [1.807, 2.05) is 24.3 Å². The van der Waals surface area contributed by atoms with E-state index in [9.17, 15) is 4.39 Å². The molecule has 0 spiro atoms. The molecule has 6 heteroatoms. The SMILES string of the molecule is N/C(=N/O)c1cc(F)ccc1COCc1ccc(Br)cc1. The lowest BCUT2D eigenvalue weighted by Gasteiger charge is -2.09. The van der Waals surface area contributed by atoms with E-state index in [1.54, 1.807) is 6.07 Å². The molecular formula is C15H14BrFN2O2. The van der Waals surface area contributed by atoms with E-state index in [0.717, 1.165) is 10.0 Å². The maximum atomic E-state index is 13.2. The van der Waals surface area contributed by atoms with Crippen molar-refractivity contribution in [1.29, 1.82) is 0 Å².